The number of amides is 2. The van der Waals surface area contributed by atoms with E-state index >= 15 is 0 Å². The molecule has 132 valence electrons. The zero-order valence-corrected chi connectivity index (χ0v) is 15.0. The van der Waals surface area contributed by atoms with Gasteiger partial charge in [0, 0.05) is 0 Å². The van der Waals surface area contributed by atoms with E-state index in [-0.39, 0.29) is 32.7 Å². The third-order valence-electron chi connectivity index (χ3n) is 3.59. The standard InChI is InChI=1S/C17H9Cl3N2O4/c18-11-5-4-10(7-12(11)19)22-15(23)13(20)14(16(22)24)21-9-3-1-2-8(6-9)17(25)26/h1-7,13H,(H,25,26)/p-1. The average molecular weight is 411 g/mol. The number of rotatable bonds is 3. The number of hydrogen-bond donors (Lipinski definition) is 0. The van der Waals surface area contributed by atoms with Gasteiger partial charge in [-0.1, -0.05) is 35.3 Å². The van der Waals surface area contributed by atoms with Crippen LogP contribution in [0.1, 0.15) is 10.4 Å². The molecule has 1 fully saturated rings. The smallest absolute Gasteiger partial charge is 0.281 e. The third-order valence-corrected chi connectivity index (χ3v) is 4.72. The lowest BCUT2D eigenvalue weighted by Gasteiger charge is -2.13. The van der Waals surface area contributed by atoms with E-state index in [2.05, 4.69) is 4.99 Å². The summed E-state index contributed by atoms with van der Waals surface area (Å²) in [6.07, 6.45) is 0. The summed E-state index contributed by atoms with van der Waals surface area (Å²) in [4.78, 5) is 40.9. The lowest BCUT2D eigenvalue weighted by molar-refractivity contribution is -0.255. The number of hydrogen-bond acceptors (Lipinski definition) is 5. The van der Waals surface area contributed by atoms with E-state index in [9.17, 15) is 19.5 Å². The molecule has 0 aromatic heterocycles. The van der Waals surface area contributed by atoms with Gasteiger partial charge in [-0.3, -0.25) is 9.59 Å². The van der Waals surface area contributed by atoms with Crippen LogP contribution in [0.4, 0.5) is 11.4 Å². The fourth-order valence-corrected chi connectivity index (χ4v) is 2.90. The van der Waals surface area contributed by atoms with E-state index in [1.165, 1.54) is 42.5 Å². The predicted octanol–water partition coefficient (Wildman–Crippen LogP) is 2.61. The van der Waals surface area contributed by atoms with Crippen molar-refractivity contribution in [1.29, 1.82) is 0 Å². The van der Waals surface area contributed by atoms with E-state index in [1.54, 1.807) is 0 Å². The van der Waals surface area contributed by atoms with Gasteiger partial charge in [0.15, 0.2) is 5.38 Å². The zero-order valence-electron chi connectivity index (χ0n) is 12.8. The van der Waals surface area contributed by atoms with Gasteiger partial charge in [-0.15, -0.1) is 11.6 Å². The van der Waals surface area contributed by atoms with Crippen LogP contribution in [0.5, 0.6) is 0 Å². The van der Waals surface area contributed by atoms with Crippen molar-refractivity contribution in [3.05, 3.63) is 58.1 Å². The molecule has 1 aliphatic rings. The van der Waals surface area contributed by atoms with E-state index < -0.39 is 23.2 Å². The summed E-state index contributed by atoms with van der Waals surface area (Å²) in [7, 11) is 0. The Bertz CT molecular complexity index is 974. The van der Waals surface area contributed by atoms with Crippen molar-refractivity contribution in [2.75, 3.05) is 4.90 Å². The minimum Gasteiger partial charge on any atom is -0.545 e. The van der Waals surface area contributed by atoms with Gasteiger partial charge in [-0.25, -0.2) is 9.89 Å². The first-order valence-electron chi connectivity index (χ1n) is 7.17. The number of aromatic carboxylic acids is 1. The first-order valence-corrected chi connectivity index (χ1v) is 8.36. The van der Waals surface area contributed by atoms with Crippen molar-refractivity contribution in [1.82, 2.24) is 0 Å². The molecule has 0 N–H and O–H groups in total. The van der Waals surface area contributed by atoms with Crippen molar-refractivity contribution >= 4 is 69.7 Å². The van der Waals surface area contributed by atoms with Crippen LogP contribution in [0.3, 0.4) is 0 Å². The number of carboxylic acid groups (broad SMARTS) is 1. The molecule has 1 atom stereocenters. The molecule has 3 rings (SSSR count). The number of halogens is 3. The van der Waals surface area contributed by atoms with Crippen molar-refractivity contribution in [2.45, 2.75) is 5.38 Å². The first kappa shape index (κ1) is 18.4. The first-order chi connectivity index (χ1) is 12.3. The summed E-state index contributed by atoms with van der Waals surface area (Å²) in [6.45, 7) is 0. The van der Waals surface area contributed by atoms with Crippen LogP contribution in [0, 0.1) is 0 Å². The highest BCUT2D eigenvalue weighted by atomic mass is 35.5. The van der Waals surface area contributed by atoms with Crippen molar-refractivity contribution in [2.24, 2.45) is 4.99 Å². The molecule has 1 aliphatic heterocycles. The topological polar surface area (TPSA) is 89.9 Å². The van der Waals surface area contributed by atoms with Crippen LogP contribution in [-0.2, 0) is 9.59 Å². The molecule has 2 aromatic carbocycles. The second kappa shape index (κ2) is 7.07. The Morgan fingerprint density at radius 2 is 1.81 bits per heavy atom. The normalized spacial score (nSPS) is 18.7. The third kappa shape index (κ3) is 3.31. The molecule has 1 unspecified atom stereocenters. The molecule has 0 radical (unpaired) electrons. The number of alkyl halides is 1. The van der Waals surface area contributed by atoms with Crippen LogP contribution in [0.15, 0.2) is 47.5 Å². The van der Waals surface area contributed by atoms with Gasteiger partial charge in [0.25, 0.3) is 11.8 Å². The molecule has 1 heterocycles. The minimum atomic E-state index is -1.39. The van der Waals surface area contributed by atoms with E-state index in [0.717, 1.165) is 4.90 Å². The molecule has 2 aromatic rings. The number of benzene rings is 2. The number of carbonyl (C=O) groups excluding carboxylic acids is 3. The van der Waals surface area contributed by atoms with Crippen LogP contribution in [-0.4, -0.2) is 28.9 Å². The number of imide groups is 1. The molecular weight excluding hydrogens is 403 g/mol. The Morgan fingerprint density at radius 1 is 1.08 bits per heavy atom. The summed E-state index contributed by atoms with van der Waals surface area (Å²) in [6, 6.07) is 9.71. The fourth-order valence-electron chi connectivity index (χ4n) is 2.37. The zero-order chi connectivity index (χ0) is 19.0. The monoisotopic (exact) mass is 409 g/mol. The summed E-state index contributed by atoms with van der Waals surface area (Å²) < 4.78 is 0. The fraction of sp³-hybridized carbons (Fsp3) is 0.0588. The second-order valence-corrected chi connectivity index (χ2v) is 6.53. The molecule has 0 spiro atoms. The Morgan fingerprint density at radius 3 is 2.46 bits per heavy atom. The maximum absolute atomic E-state index is 12.6. The maximum atomic E-state index is 12.6. The number of nitrogens with zero attached hydrogens (tertiary/aromatic N) is 2. The summed E-state index contributed by atoms with van der Waals surface area (Å²) in [5.41, 5.74) is 0.0209. The Hall–Kier alpha value is -2.41. The van der Waals surface area contributed by atoms with Gasteiger partial charge in [0.2, 0.25) is 0 Å². The van der Waals surface area contributed by atoms with Gasteiger partial charge in [0.05, 0.1) is 27.4 Å². The highest BCUT2D eigenvalue weighted by molar-refractivity contribution is 6.68. The molecule has 9 heteroatoms. The van der Waals surface area contributed by atoms with Crippen molar-refractivity contribution in [3.63, 3.8) is 0 Å². The maximum Gasteiger partial charge on any atom is 0.281 e. The predicted molar refractivity (Wildman–Crippen MR) is 96.5 cm³/mol. The molecule has 6 nitrogen and oxygen atoms in total. The highest BCUT2D eigenvalue weighted by Gasteiger charge is 2.44. The van der Waals surface area contributed by atoms with Gasteiger partial charge in [-0.2, -0.15) is 0 Å². The lowest BCUT2D eigenvalue weighted by Crippen LogP contribution is -2.31. The van der Waals surface area contributed by atoms with Crippen LogP contribution in [0.25, 0.3) is 0 Å². The van der Waals surface area contributed by atoms with Gasteiger partial charge < -0.3 is 9.90 Å². The number of carbonyl (C=O) groups is 3. The average Bonchev–Trinajstić information content (AvgIpc) is 2.81. The van der Waals surface area contributed by atoms with E-state index in [0.29, 0.717) is 0 Å². The molecule has 0 bridgehead atoms. The second-order valence-electron chi connectivity index (χ2n) is 5.27. The number of anilines is 1. The SMILES string of the molecule is O=C([O-])c1cccc(N=C2C(=O)N(c3ccc(Cl)c(Cl)c3)C(=O)C2Cl)c1. The summed E-state index contributed by atoms with van der Waals surface area (Å²) >= 11 is 17.8. The van der Waals surface area contributed by atoms with E-state index in [4.69, 9.17) is 34.8 Å². The largest absolute Gasteiger partial charge is 0.545 e. The lowest BCUT2D eigenvalue weighted by atomic mass is 10.2. The Kier molecular flexibility index (Phi) is 5.00. The van der Waals surface area contributed by atoms with Crippen LogP contribution in [0.2, 0.25) is 10.0 Å². The van der Waals surface area contributed by atoms with E-state index in [1.807, 2.05) is 0 Å². The summed E-state index contributed by atoms with van der Waals surface area (Å²) in [5.74, 6) is -2.81. The molecule has 26 heavy (non-hydrogen) atoms. The molecule has 2 amide bonds. The van der Waals surface area contributed by atoms with Crippen LogP contribution < -0.4 is 10.0 Å². The molecular formula is C17H8Cl3N2O4-. The van der Waals surface area contributed by atoms with Crippen molar-refractivity contribution < 1.29 is 19.5 Å². The minimum absolute atomic E-state index is 0.115. The summed E-state index contributed by atoms with van der Waals surface area (Å²) in [5, 5.41) is 10.1. The molecule has 0 aliphatic carbocycles. The van der Waals surface area contributed by atoms with Gasteiger partial charge in [0.1, 0.15) is 5.71 Å². The number of carboxylic acids is 1. The van der Waals surface area contributed by atoms with Gasteiger partial charge in [-0.05, 0) is 35.9 Å². The Balaban J connectivity index is 2.01. The van der Waals surface area contributed by atoms with Gasteiger partial charge >= 0.3 is 0 Å². The highest BCUT2D eigenvalue weighted by Crippen LogP contribution is 2.31. The van der Waals surface area contributed by atoms with Crippen molar-refractivity contribution in [3.8, 4) is 0 Å². The quantitative estimate of drug-likeness (QED) is 0.574. The number of aliphatic imine (C=N–C) groups is 1. The molecule has 0 saturated carbocycles. The van der Waals surface area contributed by atoms with Crippen LogP contribution >= 0.6 is 34.8 Å². The molecule has 1 saturated heterocycles. The Labute approximate surface area is 162 Å².